The quantitative estimate of drug-likeness (QED) is 0.900. The molecular formula is C14H18N2OS. The molecule has 0 aliphatic heterocycles. The van der Waals surface area contributed by atoms with E-state index in [0.717, 1.165) is 30.2 Å². The number of nitrogens with zero attached hydrogens (tertiary/aromatic N) is 2. The zero-order valence-electron chi connectivity index (χ0n) is 10.8. The summed E-state index contributed by atoms with van der Waals surface area (Å²) in [6, 6.07) is 8.15. The summed E-state index contributed by atoms with van der Waals surface area (Å²) in [4.78, 5) is 8.14. The van der Waals surface area contributed by atoms with E-state index in [0.29, 0.717) is 0 Å². The summed E-state index contributed by atoms with van der Waals surface area (Å²) < 4.78 is 0. The van der Waals surface area contributed by atoms with Crippen LogP contribution in [0.25, 0.3) is 0 Å². The molecule has 1 N–H and O–H groups in total. The van der Waals surface area contributed by atoms with Crippen LogP contribution >= 0.6 is 11.3 Å². The lowest BCUT2D eigenvalue weighted by molar-refractivity contribution is 0.280. The lowest BCUT2D eigenvalue weighted by Crippen LogP contribution is -2.22. The standard InChI is InChI=1S/C14H18N2OS/c1-3-16(9-13-5-4-8-18-13)14-7-6-12(10-17)11(2)15-14/h4-8,17H,3,9-10H2,1-2H3. The summed E-state index contributed by atoms with van der Waals surface area (Å²) in [6.07, 6.45) is 0. The zero-order chi connectivity index (χ0) is 13.0. The first-order valence-electron chi connectivity index (χ1n) is 6.09. The van der Waals surface area contributed by atoms with Gasteiger partial charge in [0.1, 0.15) is 5.82 Å². The van der Waals surface area contributed by atoms with Gasteiger partial charge in [0.05, 0.1) is 13.2 Å². The van der Waals surface area contributed by atoms with E-state index in [1.807, 2.05) is 19.1 Å². The van der Waals surface area contributed by atoms with Gasteiger partial charge in [-0.1, -0.05) is 12.1 Å². The van der Waals surface area contributed by atoms with Gasteiger partial charge >= 0.3 is 0 Å². The highest BCUT2D eigenvalue weighted by Gasteiger charge is 2.09. The van der Waals surface area contributed by atoms with E-state index >= 15 is 0 Å². The molecule has 3 nitrogen and oxygen atoms in total. The van der Waals surface area contributed by atoms with E-state index < -0.39 is 0 Å². The highest BCUT2D eigenvalue weighted by molar-refractivity contribution is 7.09. The van der Waals surface area contributed by atoms with Gasteiger partial charge in [-0.15, -0.1) is 11.3 Å². The monoisotopic (exact) mass is 262 g/mol. The highest BCUT2D eigenvalue weighted by atomic mass is 32.1. The van der Waals surface area contributed by atoms with Crippen molar-refractivity contribution in [3.63, 3.8) is 0 Å². The molecule has 0 saturated carbocycles. The van der Waals surface area contributed by atoms with Crippen LogP contribution in [-0.4, -0.2) is 16.6 Å². The first-order valence-corrected chi connectivity index (χ1v) is 6.97. The van der Waals surface area contributed by atoms with Gasteiger partial charge in [0.2, 0.25) is 0 Å². The second kappa shape index (κ2) is 5.98. The highest BCUT2D eigenvalue weighted by Crippen LogP contribution is 2.19. The second-order valence-electron chi connectivity index (χ2n) is 4.17. The third kappa shape index (κ3) is 2.89. The molecule has 0 bridgehead atoms. The van der Waals surface area contributed by atoms with E-state index in [4.69, 9.17) is 5.11 Å². The molecule has 0 aliphatic rings. The number of thiophene rings is 1. The van der Waals surface area contributed by atoms with Gasteiger partial charge in [-0.25, -0.2) is 4.98 Å². The van der Waals surface area contributed by atoms with Crippen LogP contribution in [0.15, 0.2) is 29.6 Å². The number of aryl methyl sites for hydroxylation is 1. The summed E-state index contributed by atoms with van der Waals surface area (Å²) >= 11 is 1.76. The Hall–Kier alpha value is -1.39. The molecule has 0 saturated heterocycles. The number of anilines is 1. The van der Waals surface area contributed by atoms with Crippen molar-refractivity contribution in [3.05, 3.63) is 45.8 Å². The van der Waals surface area contributed by atoms with Crippen LogP contribution in [0.2, 0.25) is 0 Å². The molecule has 0 amide bonds. The number of aliphatic hydroxyl groups excluding tert-OH is 1. The second-order valence-corrected chi connectivity index (χ2v) is 5.20. The van der Waals surface area contributed by atoms with Crippen molar-refractivity contribution in [1.29, 1.82) is 0 Å². The smallest absolute Gasteiger partial charge is 0.129 e. The van der Waals surface area contributed by atoms with Crippen LogP contribution in [0.3, 0.4) is 0 Å². The first kappa shape index (κ1) is 13.1. The summed E-state index contributed by atoms with van der Waals surface area (Å²) in [5, 5.41) is 11.3. The average Bonchev–Trinajstić information content (AvgIpc) is 2.88. The van der Waals surface area contributed by atoms with Gasteiger partial charge in [0.15, 0.2) is 0 Å². The Morgan fingerprint density at radius 3 is 2.72 bits per heavy atom. The lowest BCUT2D eigenvalue weighted by Gasteiger charge is -2.22. The maximum absolute atomic E-state index is 9.16. The summed E-state index contributed by atoms with van der Waals surface area (Å²) in [5.74, 6) is 0.973. The summed E-state index contributed by atoms with van der Waals surface area (Å²) in [5.41, 5.74) is 1.80. The van der Waals surface area contributed by atoms with Crippen molar-refractivity contribution in [1.82, 2.24) is 4.98 Å². The van der Waals surface area contributed by atoms with E-state index in [-0.39, 0.29) is 6.61 Å². The van der Waals surface area contributed by atoms with Gasteiger partial charge in [0.25, 0.3) is 0 Å². The molecule has 0 radical (unpaired) electrons. The van der Waals surface area contributed by atoms with E-state index in [1.54, 1.807) is 11.3 Å². The van der Waals surface area contributed by atoms with Crippen LogP contribution in [0, 0.1) is 6.92 Å². The third-order valence-electron chi connectivity index (χ3n) is 2.98. The number of rotatable bonds is 5. The van der Waals surface area contributed by atoms with Gasteiger partial charge in [-0.3, -0.25) is 0 Å². The molecule has 0 aromatic carbocycles. The van der Waals surface area contributed by atoms with Gasteiger partial charge in [-0.2, -0.15) is 0 Å². The minimum Gasteiger partial charge on any atom is -0.392 e. The lowest BCUT2D eigenvalue weighted by atomic mass is 10.2. The van der Waals surface area contributed by atoms with E-state index in [9.17, 15) is 0 Å². The minimum absolute atomic E-state index is 0.0517. The van der Waals surface area contributed by atoms with Crippen LogP contribution in [0.4, 0.5) is 5.82 Å². The van der Waals surface area contributed by atoms with Gasteiger partial charge < -0.3 is 10.0 Å². The molecule has 18 heavy (non-hydrogen) atoms. The maximum atomic E-state index is 9.16. The fourth-order valence-corrected chi connectivity index (χ4v) is 2.58. The Labute approximate surface area is 112 Å². The predicted octanol–water partition coefficient (Wildman–Crippen LogP) is 2.97. The van der Waals surface area contributed by atoms with Crippen molar-refractivity contribution in [3.8, 4) is 0 Å². The Balaban J connectivity index is 2.19. The van der Waals surface area contributed by atoms with Crippen molar-refractivity contribution in [2.24, 2.45) is 0 Å². The molecule has 0 fully saturated rings. The largest absolute Gasteiger partial charge is 0.392 e. The van der Waals surface area contributed by atoms with Crippen LogP contribution in [-0.2, 0) is 13.2 Å². The summed E-state index contributed by atoms with van der Waals surface area (Å²) in [6.45, 7) is 5.93. The molecule has 0 aliphatic carbocycles. The van der Waals surface area contributed by atoms with Crippen LogP contribution in [0.1, 0.15) is 23.1 Å². The molecular weight excluding hydrogens is 244 g/mol. The number of aromatic nitrogens is 1. The molecule has 96 valence electrons. The molecule has 2 aromatic rings. The fourth-order valence-electron chi connectivity index (χ4n) is 1.87. The normalized spacial score (nSPS) is 10.6. The molecule has 2 rings (SSSR count). The minimum atomic E-state index is 0.0517. The molecule has 4 heteroatoms. The first-order chi connectivity index (χ1) is 8.74. The van der Waals surface area contributed by atoms with Gasteiger partial charge in [0, 0.05) is 17.1 Å². The predicted molar refractivity (Wildman–Crippen MR) is 75.9 cm³/mol. The average molecular weight is 262 g/mol. The number of hydrogen-bond acceptors (Lipinski definition) is 4. The summed E-state index contributed by atoms with van der Waals surface area (Å²) in [7, 11) is 0. The molecule has 0 spiro atoms. The fraction of sp³-hybridized carbons (Fsp3) is 0.357. The molecule has 2 aromatic heterocycles. The van der Waals surface area contributed by atoms with E-state index in [1.165, 1.54) is 4.88 Å². The third-order valence-corrected chi connectivity index (χ3v) is 3.84. The van der Waals surface area contributed by atoms with E-state index in [2.05, 4.69) is 34.3 Å². The maximum Gasteiger partial charge on any atom is 0.129 e. The molecule has 0 atom stereocenters. The van der Waals surface area contributed by atoms with Crippen LogP contribution < -0.4 is 4.90 Å². The van der Waals surface area contributed by atoms with Crippen molar-refractivity contribution in [2.75, 3.05) is 11.4 Å². The molecule has 2 heterocycles. The Bertz CT molecular complexity index is 497. The molecule has 0 unspecified atom stereocenters. The number of pyridine rings is 1. The Morgan fingerprint density at radius 2 is 2.17 bits per heavy atom. The van der Waals surface area contributed by atoms with Crippen molar-refractivity contribution < 1.29 is 5.11 Å². The number of aliphatic hydroxyl groups is 1. The number of hydrogen-bond donors (Lipinski definition) is 1. The van der Waals surface area contributed by atoms with Crippen LogP contribution in [0.5, 0.6) is 0 Å². The zero-order valence-corrected chi connectivity index (χ0v) is 11.6. The SMILES string of the molecule is CCN(Cc1cccs1)c1ccc(CO)c(C)n1. The van der Waals surface area contributed by atoms with Gasteiger partial charge in [-0.05, 0) is 36.9 Å². The van der Waals surface area contributed by atoms with Crippen molar-refractivity contribution >= 4 is 17.2 Å². The Morgan fingerprint density at radius 1 is 1.33 bits per heavy atom. The van der Waals surface area contributed by atoms with Crippen molar-refractivity contribution in [2.45, 2.75) is 27.0 Å². The topological polar surface area (TPSA) is 36.4 Å². The Kier molecular flexibility index (Phi) is 4.33.